The maximum atomic E-state index is 13.7. The predicted molar refractivity (Wildman–Crippen MR) is 63.9 cm³/mol. The first-order chi connectivity index (χ1) is 8.65. The van der Waals surface area contributed by atoms with Crippen molar-refractivity contribution in [3.05, 3.63) is 17.3 Å². The molecule has 1 atom stereocenters. The number of hydrogen-bond donors (Lipinski definition) is 0. The lowest BCUT2D eigenvalue weighted by Crippen LogP contribution is -2.52. The fraction of sp³-hybridized carbons (Fsp3) is 0.545. The van der Waals surface area contributed by atoms with E-state index in [9.17, 15) is 9.18 Å². The Morgan fingerprint density at radius 1 is 1.44 bits per heavy atom. The quantitative estimate of drug-likeness (QED) is 0.717. The van der Waals surface area contributed by atoms with Gasteiger partial charge in [0.25, 0.3) is 0 Å². The van der Waals surface area contributed by atoms with Gasteiger partial charge in [-0.25, -0.2) is 9.37 Å². The highest BCUT2D eigenvalue weighted by atomic mass is 35.5. The van der Waals surface area contributed by atoms with E-state index in [2.05, 4.69) is 9.97 Å². The van der Waals surface area contributed by atoms with Gasteiger partial charge in [0.1, 0.15) is 0 Å². The molecule has 3 rings (SSSR count). The van der Waals surface area contributed by atoms with Crippen molar-refractivity contribution in [1.29, 1.82) is 0 Å². The normalized spacial score (nSPS) is 23.4. The van der Waals surface area contributed by atoms with E-state index in [0.29, 0.717) is 26.1 Å². The second kappa shape index (κ2) is 4.35. The maximum absolute atomic E-state index is 13.7. The molecule has 96 valence electrons. The molecule has 0 aromatic carbocycles. The number of fused-ring (bicyclic) bond motifs is 1. The third kappa shape index (κ3) is 1.90. The number of anilines is 1. The molecule has 1 aromatic rings. The van der Waals surface area contributed by atoms with Gasteiger partial charge in [-0.2, -0.15) is 4.98 Å². The Balaban J connectivity index is 1.82. The molecule has 2 aliphatic rings. The molecule has 1 amide bonds. The van der Waals surface area contributed by atoms with Gasteiger partial charge in [0, 0.05) is 32.1 Å². The van der Waals surface area contributed by atoms with Gasteiger partial charge in [0.05, 0.1) is 6.20 Å². The van der Waals surface area contributed by atoms with E-state index in [0.717, 1.165) is 12.6 Å². The number of carbonyl (C=O) groups is 1. The van der Waals surface area contributed by atoms with Crippen molar-refractivity contribution < 1.29 is 9.18 Å². The third-order valence-corrected chi connectivity index (χ3v) is 3.67. The first-order valence-electron chi connectivity index (χ1n) is 5.87. The number of rotatable bonds is 1. The van der Waals surface area contributed by atoms with Crippen LogP contribution in [-0.4, -0.2) is 46.5 Å². The molecule has 5 nitrogen and oxygen atoms in total. The molecule has 0 radical (unpaired) electrons. The summed E-state index contributed by atoms with van der Waals surface area (Å²) in [5.74, 6) is -0.0491. The smallest absolute Gasteiger partial charge is 0.224 e. The lowest BCUT2D eigenvalue weighted by molar-refractivity contribution is -0.129. The maximum Gasteiger partial charge on any atom is 0.224 e. The molecule has 0 spiro atoms. The minimum atomic E-state index is -0.475. The third-order valence-electron chi connectivity index (χ3n) is 3.49. The Kier molecular flexibility index (Phi) is 2.81. The summed E-state index contributed by atoms with van der Waals surface area (Å²) in [5.41, 5.74) is 0. The van der Waals surface area contributed by atoms with Crippen LogP contribution in [0.2, 0.25) is 5.28 Å². The second-order valence-corrected chi connectivity index (χ2v) is 4.87. The molecule has 1 aromatic heterocycles. The Morgan fingerprint density at radius 3 is 3.11 bits per heavy atom. The van der Waals surface area contributed by atoms with Crippen LogP contribution in [-0.2, 0) is 4.79 Å². The van der Waals surface area contributed by atoms with Crippen LogP contribution in [0.25, 0.3) is 0 Å². The van der Waals surface area contributed by atoms with Crippen molar-refractivity contribution in [1.82, 2.24) is 14.9 Å². The predicted octanol–water partition coefficient (Wildman–Crippen LogP) is 1.08. The lowest BCUT2D eigenvalue weighted by atomic mass is 10.1. The average Bonchev–Trinajstić information content (AvgIpc) is 2.74. The minimum absolute atomic E-state index is 0.0383. The van der Waals surface area contributed by atoms with Crippen molar-refractivity contribution in [2.75, 3.05) is 24.5 Å². The molecule has 18 heavy (non-hydrogen) atoms. The highest BCUT2D eigenvalue weighted by Crippen LogP contribution is 2.26. The summed E-state index contributed by atoms with van der Waals surface area (Å²) in [4.78, 5) is 22.8. The number of carbonyl (C=O) groups excluding carboxylic acids is 1. The van der Waals surface area contributed by atoms with Gasteiger partial charge < -0.3 is 9.80 Å². The van der Waals surface area contributed by atoms with Gasteiger partial charge in [-0.1, -0.05) is 0 Å². The molecule has 0 bridgehead atoms. The zero-order chi connectivity index (χ0) is 12.7. The summed E-state index contributed by atoms with van der Waals surface area (Å²) in [5, 5.41) is 0.0383. The van der Waals surface area contributed by atoms with E-state index in [4.69, 9.17) is 11.6 Å². The molecule has 2 fully saturated rings. The standard InChI is InChI=1S/C11H12ClFN4O/c12-11-14-5-8(13)10(15-11)16-3-4-17-7(6-16)1-2-9(17)18/h5,7H,1-4,6H2. The number of nitrogens with zero attached hydrogens (tertiary/aromatic N) is 4. The van der Waals surface area contributed by atoms with Crippen LogP contribution in [0.1, 0.15) is 12.8 Å². The summed E-state index contributed by atoms with van der Waals surface area (Å²) in [7, 11) is 0. The number of amides is 1. The Labute approximate surface area is 109 Å². The van der Waals surface area contributed by atoms with E-state index in [1.807, 2.05) is 9.80 Å². The molecular weight excluding hydrogens is 259 g/mol. The average molecular weight is 271 g/mol. The molecule has 2 aliphatic heterocycles. The van der Waals surface area contributed by atoms with Crippen LogP contribution >= 0.6 is 11.6 Å². The van der Waals surface area contributed by atoms with E-state index in [1.165, 1.54) is 0 Å². The van der Waals surface area contributed by atoms with Crippen molar-refractivity contribution in [3.63, 3.8) is 0 Å². The van der Waals surface area contributed by atoms with Crippen LogP contribution in [0.5, 0.6) is 0 Å². The Bertz CT molecular complexity index is 498. The lowest BCUT2D eigenvalue weighted by Gasteiger charge is -2.38. The molecular formula is C11H12ClFN4O. The first-order valence-corrected chi connectivity index (χ1v) is 6.25. The number of aromatic nitrogens is 2. The van der Waals surface area contributed by atoms with Crippen LogP contribution < -0.4 is 4.90 Å². The van der Waals surface area contributed by atoms with Gasteiger partial charge in [0.2, 0.25) is 11.2 Å². The molecule has 0 N–H and O–H groups in total. The van der Waals surface area contributed by atoms with Crippen LogP contribution in [0.3, 0.4) is 0 Å². The van der Waals surface area contributed by atoms with Crippen LogP contribution in [0.4, 0.5) is 10.2 Å². The van der Waals surface area contributed by atoms with Gasteiger partial charge in [0.15, 0.2) is 11.6 Å². The van der Waals surface area contributed by atoms with E-state index in [-0.39, 0.29) is 23.1 Å². The molecule has 0 aliphatic carbocycles. The summed E-state index contributed by atoms with van der Waals surface area (Å²) in [6.45, 7) is 1.80. The van der Waals surface area contributed by atoms with Crippen molar-refractivity contribution >= 4 is 23.3 Å². The highest BCUT2D eigenvalue weighted by Gasteiger charge is 2.36. The second-order valence-electron chi connectivity index (χ2n) is 4.54. The van der Waals surface area contributed by atoms with Crippen molar-refractivity contribution in [3.8, 4) is 0 Å². The first kappa shape index (κ1) is 11.6. The molecule has 1 unspecified atom stereocenters. The summed E-state index contributed by atoms with van der Waals surface area (Å²) in [6.07, 6.45) is 2.50. The van der Waals surface area contributed by atoms with Crippen molar-refractivity contribution in [2.24, 2.45) is 0 Å². The molecule has 3 heterocycles. The van der Waals surface area contributed by atoms with Gasteiger partial charge in [-0.3, -0.25) is 4.79 Å². The Hall–Kier alpha value is -1.43. The summed E-state index contributed by atoms with van der Waals surface area (Å²) >= 11 is 5.69. The number of halogens is 2. The van der Waals surface area contributed by atoms with E-state index in [1.54, 1.807) is 0 Å². The zero-order valence-electron chi connectivity index (χ0n) is 9.64. The fourth-order valence-corrected chi connectivity index (χ4v) is 2.74. The summed E-state index contributed by atoms with van der Waals surface area (Å²) in [6, 6.07) is 0.166. The molecule has 2 saturated heterocycles. The molecule has 0 saturated carbocycles. The zero-order valence-corrected chi connectivity index (χ0v) is 10.4. The highest BCUT2D eigenvalue weighted by molar-refractivity contribution is 6.28. The molecule has 7 heteroatoms. The van der Waals surface area contributed by atoms with Gasteiger partial charge in [-0.15, -0.1) is 0 Å². The van der Waals surface area contributed by atoms with Crippen LogP contribution in [0.15, 0.2) is 6.20 Å². The topological polar surface area (TPSA) is 49.3 Å². The largest absolute Gasteiger partial charge is 0.350 e. The van der Waals surface area contributed by atoms with Crippen LogP contribution in [0, 0.1) is 5.82 Å². The minimum Gasteiger partial charge on any atom is -0.350 e. The van der Waals surface area contributed by atoms with Gasteiger partial charge >= 0.3 is 0 Å². The summed E-state index contributed by atoms with van der Waals surface area (Å²) < 4.78 is 13.7. The Morgan fingerprint density at radius 2 is 2.28 bits per heavy atom. The van der Waals surface area contributed by atoms with E-state index >= 15 is 0 Å². The van der Waals surface area contributed by atoms with Crippen molar-refractivity contribution in [2.45, 2.75) is 18.9 Å². The van der Waals surface area contributed by atoms with Gasteiger partial charge in [-0.05, 0) is 18.0 Å². The number of piperazine rings is 1. The number of hydrogen-bond acceptors (Lipinski definition) is 4. The monoisotopic (exact) mass is 270 g/mol. The SMILES string of the molecule is O=C1CCC2CN(c3nc(Cl)ncc3F)CCN12. The fourth-order valence-electron chi connectivity index (χ4n) is 2.62. The van der Waals surface area contributed by atoms with E-state index < -0.39 is 5.82 Å².